The van der Waals surface area contributed by atoms with Crippen molar-refractivity contribution < 1.29 is 9.18 Å². The van der Waals surface area contributed by atoms with Gasteiger partial charge in [-0.05, 0) is 19.2 Å². The van der Waals surface area contributed by atoms with Gasteiger partial charge in [-0.2, -0.15) is 0 Å². The molecule has 0 heterocycles. The normalized spacial score (nSPS) is 9.65. The van der Waals surface area contributed by atoms with Crippen LogP contribution >= 0.6 is 24.0 Å². The molecule has 3 nitrogen and oxygen atoms in total. The highest BCUT2D eigenvalue weighted by molar-refractivity contribution is 6.33. The zero-order valence-electron chi connectivity index (χ0n) is 9.67. The van der Waals surface area contributed by atoms with E-state index >= 15 is 0 Å². The van der Waals surface area contributed by atoms with Gasteiger partial charge in [-0.15, -0.1) is 12.4 Å². The predicted molar refractivity (Wildman–Crippen MR) is 69.5 cm³/mol. The summed E-state index contributed by atoms with van der Waals surface area (Å²) in [6.07, 6.45) is 0. The van der Waals surface area contributed by atoms with E-state index < -0.39 is 5.82 Å². The van der Waals surface area contributed by atoms with Crippen LogP contribution in [0.25, 0.3) is 0 Å². The number of nitrogens with zero attached hydrogens (tertiary/aromatic N) is 1. The fourth-order valence-corrected chi connectivity index (χ4v) is 1.46. The van der Waals surface area contributed by atoms with Gasteiger partial charge in [-0.25, -0.2) is 4.39 Å². The fraction of sp³-hybridized carbons (Fsp3) is 0.364. The highest BCUT2D eigenvalue weighted by atomic mass is 35.5. The minimum atomic E-state index is -0.575. The van der Waals surface area contributed by atoms with E-state index in [4.69, 9.17) is 11.6 Å². The molecule has 1 aromatic rings. The minimum Gasteiger partial charge on any atom is -0.340 e. The molecule has 96 valence electrons. The molecule has 1 aromatic carbocycles. The number of hydrogen-bond acceptors (Lipinski definition) is 2. The Labute approximate surface area is 111 Å². The van der Waals surface area contributed by atoms with Crippen molar-refractivity contribution in [1.29, 1.82) is 0 Å². The summed E-state index contributed by atoms with van der Waals surface area (Å²) in [7, 11) is 3.45. The molecule has 0 aliphatic rings. The first kappa shape index (κ1) is 16.2. The summed E-state index contributed by atoms with van der Waals surface area (Å²) >= 11 is 5.73. The van der Waals surface area contributed by atoms with Crippen LogP contribution in [0.4, 0.5) is 4.39 Å². The average molecular weight is 281 g/mol. The molecule has 0 fully saturated rings. The maximum atomic E-state index is 13.1. The van der Waals surface area contributed by atoms with Gasteiger partial charge in [0.05, 0.1) is 10.6 Å². The van der Waals surface area contributed by atoms with Crippen molar-refractivity contribution in [2.24, 2.45) is 0 Å². The van der Waals surface area contributed by atoms with Gasteiger partial charge < -0.3 is 10.2 Å². The van der Waals surface area contributed by atoms with Gasteiger partial charge in [0.2, 0.25) is 0 Å². The molecule has 0 unspecified atom stereocenters. The highest BCUT2D eigenvalue weighted by Gasteiger charge is 2.16. The molecule has 0 aliphatic carbocycles. The quantitative estimate of drug-likeness (QED) is 0.917. The zero-order valence-corrected chi connectivity index (χ0v) is 11.2. The Morgan fingerprint density at radius 3 is 2.76 bits per heavy atom. The van der Waals surface area contributed by atoms with Crippen LogP contribution in [0.5, 0.6) is 0 Å². The molecule has 17 heavy (non-hydrogen) atoms. The Balaban J connectivity index is 0.00000256. The number of amides is 1. The molecule has 0 saturated carbocycles. The summed E-state index contributed by atoms with van der Waals surface area (Å²) in [4.78, 5) is 13.4. The molecule has 0 aliphatic heterocycles. The van der Waals surface area contributed by atoms with Crippen molar-refractivity contribution >= 4 is 29.9 Å². The van der Waals surface area contributed by atoms with E-state index in [1.165, 1.54) is 23.1 Å². The van der Waals surface area contributed by atoms with Crippen LogP contribution in [0.3, 0.4) is 0 Å². The number of benzene rings is 1. The second-order valence-corrected chi connectivity index (χ2v) is 3.81. The standard InChI is InChI=1S/C11H14ClFN2O.ClH/c1-14-6-7-15(2)11(16)8-4-3-5-9(13)10(8)12;/h3-5,14H,6-7H2,1-2H3;1H. The second kappa shape index (κ2) is 7.48. The maximum Gasteiger partial charge on any atom is 0.255 e. The summed E-state index contributed by atoms with van der Waals surface area (Å²) in [6.45, 7) is 1.22. The van der Waals surface area contributed by atoms with Gasteiger partial charge in [0, 0.05) is 20.1 Å². The van der Waals surface area contributed by atoms with Crippen molar-refractivity contribution in [2.75, 3.05) is 27.2 Å². The first-order valence-corrected chi connectivity index (χ1v) is 5.29. The maximum absolute atomic E-state index is 13.1. The van der Waals surface area contributed by atoms with Crippen LogP contribution in [0.1, 0.15) is 10.4 Å². The lowest BCUT2D eigenvalue weighted by Crippen LogP contribution is -2.33. The Kier molecular flexibility index (Phi) is 7.11. The molecule has 6 heteroatoms. The van der Waals surface area contributed by atoms with Crippen LogP contribution in [0.2, 0.25) is 5.02 Å². The number of hydrogen-bond donors (Lipinski definition) is 1. The summed E-state index contributed by atoms with van der Waals surface area (Å²) in [5.41, 5.74) is 0.195. The summed E-state index contributed by atoms with van der Waals surface area (Å²) < 4.78 is 13.1. The third-order valence-corrected chi connectivity index (χ3v) is 2.61. The first-order valence-electron chi connectivity index (χ1n) is 4.92. The number of halogens is 3. The van der Waals surface area contributed by atoms with Crippen molar-refractivity contribution in [3.63, 3.8) is 0 Å². The molecule has 0 atom stereocenters. The number of nitrogens with one attached hydrogen (secondary N) is 1. The average Bonchev–Trinajstić information content (AvgIpc) is 2.28. The summed E-state index contributed by atoms with van der Waals surface area (Å²) in [5, 5.41) is 2.81. The number of likely N-dealkylation sites (N-methyl/N-ethyl adjacent to an activating group) is 2. The molecule has 1 N–H and O–H groups in total. The smallest absolute Gasteiger partial charge is 0.255 e. The fourth-order valence-electron chi connectivity index (χ4n) is 1.26. The second-order valence-electron chi connectivity index (χ2n) is 3.43. The molecule has 0 radical (unpaired) electrons. The van der Waals surface area contributed by atoms with E-state index in [2.05, 4.69) is 5.32 Å². The largest absolute Gasteiger partial charge is 0.340 e. The molecule has 0 bridgehead atoms. The predicted octanol–water partition coefficient (Wildman–Crippen LogP) is 2.19. The van der Waals surface area contributed by atoms with Crippen LogP contribution < -0.4 is 5.32 Å². The van der Waals surface area contributed by atoms with E-state index in [1.54, 1.807) is 14.1 Å². The van der Waals surface area contributed by atoms with Gasteiger partial charge >= 0.3 is 0 Å². The van der Waals surface area contributed by atoms with Crippen LogP contribution in [-0.2, 0) is 0 Å². The Morgan fingerprint density at radius 1 is 1.53 bits per heavy atom. The van der Waals surface area contributed by atoms with Crippen LogP contribution in [-0.4, -0.2) is 38.0 Å². The van der Waals surface area contributed by atoms with E-state index in [1.807, 2.05) is 0 Å². The lowest BCUT2D eigenvalue weighted by molar-refractivity contribution is 0.0796. The molecule has 1 rings (SSSR count). The van der Waals surface area contributed by atoms with E-state index in [0.717, 1.165) is 0 Å². The summed E-state index contributed by atoms with van der Waals surface area (Å²) in [6, 6.07) is 4.22. The van der Waals surface area contributed by atoms with Crippen LogP contribution in [0, 0.1) is 5.82 Å². The zero-order chi connectivity index (χ0) is 12.1. The number of carbonyl (C=O) groups is 1. The topological polar surface area (TPSA) is 32.3 Å². The van der Waals surface area contributed by atoms with Gasteiger partial charge in [0.25, 0.3) is 5.91 Å². The van der Waals surface area contributed by atoms with Crippen molar-refractivity contribution in [3.05, 3.63) is 34.6 Å². The minimum absolute atomic E-state index is 0. The first-order chi connectivity index (χ1) is 7.57. The van der Waals surface area contributed by atoms with E-state index in [-0.39, 0.29) is 28.9 Å². The number of rotatable bonds is 4. The molecule has 0 aromatic heterocycles. The highest BCUT2D eigenvalue weighted by Crippen LogP contribution is 2.20. The number of carbonyl (C=O) groups excluding carboxylic acids is 1. The van der Waals surface area contributed by atoms with Gasteiger partial charge in [0.1, 0.15) is 5.82 Å². The lowest BCUT2D eigenvalue weighted by atomic mass is 10.2. The molecule has 1 amide bonds. The molecule has 0 spiro atoms. The lowest BCUT2D eigenvalue weighted by Gasteiger charge is -2.17. The van der Waals surface area contributed by atoms with Gasteiger partial charge in [0.15, 0.2) is 0 Å². The van der Waals surface area contributed by atoms with Crippen molar-refractivity contribution in [2.45, 2.75) is 0 Å². The Hall–Kier alpha value is -0.840. The summed E-state index contributed by atoms with van der Waals surface area (Å²) in [5.74, 6) is -0.853. The molecular weight excluding hydrogens is 266 g/mol. The van der Waals surface area contributed by atoms with Gasteiger partial charge in [-0.1, -0.05) is 17.7 Å². The molecule has 0 saturated heterocycles. The Morgan fingerprint density at radius 2 is 2.18 bits per heavy atom. The van der Waals surface area contributed by atoms with Crippen molar-refractivity contribution in [3.8, 4) is 0 Å². The third-order valence-electron chi connectivity index (χ3n) is 2.23. The van der Waals surface area contributed by atoms with Gasteiger partial charge in [-0.3, -0.25) is 4.79 Å². The van der Waals surface area contributed by atoms with Crippen LogP contribution in [0.15, 0.2) is 18.2 Å². The third kappa shape index (κ3) is 4.15. The van der Waals surface area contributed by atoms with E-state index in [0.29, 0.717) is 13.1 Å². The van der Waals surface area contributed by atoms with Crippen molar-refractivity contribution in [1.82, 2.24) is 10.2 Å². The van der Waals surface area contributed by atoms with E-state index in [9.17, 15) is 9.18 Å². The SMILES string of the molecule is CNCCN(C)C(=O)c1cccc(F)c1Cl.Cl. The molecular formula is C11H15Cl2FN2O. The Bertz CT molecular complexity index is 388. The monoisotopic (exact) mass is 280 g/mol.